The Morgan fingerprint density at radius 1 is 1.54 bits per heavy atom. The van der Waals surface area contributed by atoms with E-state index in [1.165, 1.54) is 6.42 Å². The summed E-state index contributed by atoms with van der Waals surface area (Å²) in [7, 11) is 3.85. The smallest absolute Gasteiger partial charge is 0.0465 e. The van der Waals surface area contributed by atoms with Crippen molar-refractivity contribution in [1.29, 1.82) is 0 Å². The zero-order valence-corrected chi connectivity index (χ0v) is 10.4. The molecular formula is C10H20BrNO. The minimum Gasteiger partial charge on any atom is -0.385 e. The summed E-state index contributed by atoms with van der Waals surface area (Å²) in [5.41, 5.74) is 0. The second-order valence-corrected chi connectivity index (χ2v) is 3.80. The number of ether oxygens (including phenoxy) is 1. The van der Waals surface area contributed by atoms with Crippen LogP contribution >= 0.6 is 15.9 Å². The average molecular weight is 250 g/mol. The Bertz CT molecular complexity index is 139. The first-order valence-corrected chi connectivity index (χ1v) is 5.62. The highest BCUT2D eigenvalue weighted by Crippen LogP contribution is 2.10. The van der Waals surface area contributed by atoms with Crippen molar-refractivity contribution >= 4 is 15.9 Å². The van der Waals surface area contributed by atoms with E-state index in [9.17, 15) is 0 Å². The van der Waals surface area contributed by atoms with Gasteiger partial charge in [-0.15, -0.1) is 0 Å². The molecule has 0 aliphatic carbocycles. The number of methoxy groups -OCH3 is 1. The molecule has 0 fully saturated rings. The van der Waals surface area contributed by atoms with Gasteiger partial charge in [0, 0.05) is 33.5 Å². The topological polar surface area (TPSA) is 12.5 Å². The lowest BCUT2D eigenvalue weighted by Gasteiger charge is -2.21. The van der Waals surface area contributed by atoms with Crippen molar-refractivity contribution in [2.75, 3.05) is 27.3 Å². The molecule has 0 bridgehead atoms. The molecule has 0 radical (unpaired) electrons. The molecule has 3 heteroatoms. The third kappa shape index (κ3) is 7.08. The molecule has 2 nitrogen and oxygen atoms in total. The predicted molar refractivity (Wildman–Crippen MR) is 61.0 cm³/mol. The fourth-order valence-corrected chi connectivity index (χ4v) is 1.68. The van der Waals surface area contributed by atoms with Crippen molar-refractivity contribution in [1.82, 2.24) is 4.90 Å². The van der Waals surface area contributed by atoms with Crippen LogP contribution < -0.4 is 0 Å². The second kappa shape index (κ2) is 8.57. The van der Waals surface area contributed by atoms with E-state index < -0.39 is 0 Å². The molecule has 0 aliphatic heterocycles. The Morgan fingerprint density at radius 2 is 2.23 bits per heavy atom. The highest BCUT2D eigenvalue weighted by atomic mass is 79.9. The van der Waals surface area contributed by atoms with Crippen LogP contribution in [0.1, 0.15) is 19.8 Å². The van der Waals surface area contributed by atoms with Gasteiger partial charge in [-0.25, -0.2) is 0 Å². The molecule has 0 rings (SSSR count). The summed E-state index contributed by atoms with van der Waals surface area (Å²) >= 11 is 3.27. The van der Waals surface area contributed by atoms with Crippen molar-refractivity contribution in [3.05, 3.63) is 11.2 Å². The Balaban J connectivity index is 3.68. The molecule has 0 N–H and O–H groups in total. The van der Waals surface area contributed by atoms with Crippen LogP contribution in [0.3, 0.4) is 0 Å². The van der Waals surface area contributed by atoms with Crippen LogP contribution in [-0.2, 0) is 4.74 Å². The molecule has 0 saturated carbocycles. The lowest BCUT2D eigenvalue weighted by atomic mass is 10.0. The van der Waals surface area contributed by atoms with Crippen molar-refractivity contribution < 1.29 is 4.74 Å². The van der Waals surface area contributed by atoms with Gasteiger partial charge < -0.3 is 9.64 Å². The lowest BCUT2D eigenvalue weighted by molar-refractivity contribution is 0.168. The van der Waals surface area contributed by atoms with Crippen molar-refractivity contribution in [2.24, 2.45) is 5.92 Å². The predicted octanol–water partition coefficient (Wildman–Crippen LogP) is 2.85. The molecule has 0 heterocycles. The summed E-state index contributed by atoms with van der Waals surface area (Å²) in [6, 6.07) is 0. The van der Waals surface area contributed by atoms with Crippen molar-refractivity contribution in [2.45, 2.75) is 19.8 Å². The van der Waals surface area contributed by atoms with E-state index in [0.29, 0.717) is 0 Å². The summed E-state index contributed by atoms with van der Waals surface area (Å²) < 4.78 is 5.07. The van der Waals surface area contributed by atoms with Gasteiger partial charge >= 0.3 is 0 Å². The van der Waals surface area contributed by atoms with Gasteiger partial charge in [0.1, 0.15) is 0 Å². The van der Waals surface area contributed by atoms with E-state index >= 15 is 0 Å². The first-order valence-electron chi connectivity index (χ1n) is 4.70. The molecular weight excluding hydrogens is 230 g/mol. The van der Waals surface area contributed by atoms with E-state index in [1.807, 2.05) is 11.2 Å². The van der Waals surface area contributed by atoms with E-state index in [0.717, 1.165) is 25.5 Å². The first kappa shape index (κ1) is 13.0. The Hall–Kier alpha value is -0.0200. The summed E-state index contributed by atoms with van der Waals surface area (Å²) in [6.45, 7) is 4.19. The molecule has 0 aromatic heterocycles. The molecule has 0 amide bonds. The highest BCUT2D eigenvalue weighted by Gasteiger charge is 2.06. The molecule has 0 aromatic rings. The maximum Gasteiger partial charge on any atom is 0.0465 e. The standard InChI is InChI=1S/C10H20BrNO/c1-4-10(5-8-13-3)9-12(2)7-6-11/h6-7,10H,4-5,8-9H2,1-3H3/b7-6-. The van der Waals surface area contributed by atoms with Gasteiger partial charge in [-0.2, -0.15) is 0 Å². The maximum atomic E-state index is 5.07. The molecule has 0 spiro atoms. The molecule has 78 valence electrons. The van der Waals surface area contributed by atoms with Gasteiger partial charge in [-0.1, -0.05) is 29.3 Å². The van der Waals surface area contributed by atoms with E-state index in [2.05, 4.69) is 34.8 Å². The Kier molecular flexibility index (Phi) is 8.56. The summed E-state index contributed by atoms with van der Waals surface area (Å²) in [5, 5.41) is 0. The fourth-order valence-electron chi connectivity index (χ4n) is 1.27. The zero-order chi connectivity index (χ0) is 10.1. The number of rotatable bonds is 7. The normalized spacial score (nSPS) is 13.5. The van der Waals surface area contributed by atoms with E-state index in [4.69, 9.17) is 4.74 Å². The summed E-state index contributed by atoms with van der Waals surface area (Å²) in [5.74, 6) is 0.730. The third-order valence-corrected chi connectivity index (χ3v) is 2.40. The van der Waals surface area contributed by atoms with Crippen LogP contribution in [0, 0.1) is 5.92 Å². The Morgan fingerprint density at radius 3 is 2.69 bits per heavy atom. The number of hydrogen-bond acceptors (Lipinski definition) is 2. The second-order valence-electron chi connectivity index (χ2n) is 3.27. The Labute approximate surface area is 90.1 Å². The van der Waals surface area contributed by atoms with Crippen LogP contribution in [0.25, 0.3) is 0 Å². The van der Waals surface area contributed by atoms with Crippen molar-refractivity contribution in [3.8, 4) is 0 Å². The SMILES string of the molecule is CCC(CCOC)CN(C)/C=C\Br. The van der Waals surface area contributed by atoms with E-state index in [-0.39, 0.29) is 0 Å². The molecule has 0 aromatic carbocycles. The van der Waals surface area contributed by atoms with Gasteiger partial charge in [-0.3, -0.25) is 0 Å². The highest BCUT2D eigenvalue weighted by molar-refractivity contribution is 9.11. The zero-order valence-electron chi connectivity index (χ0n) is 8.79. The molecule has 1 atom stereocenters. The number of halogens is 1. The third-order valence-electron chi connectivity index (χ3n) is 2.16. The van der Waals surface area contributed by atoms with Crippen LogP contribution in [0.15, 0.2) is 11.2 Å². The van der Waals surface area contributed by atoms with Gasteiger partial charge in [0.2, 0.25) is 0 Å². The van der Waals surface area contributed by atoms with Gasteiger partial charge in [0.25, 0.3) is 0 Å². The summed E-state index contributed by atoms with van der Waals surface area (Å²) in [6.07, 6.45) is 4.40. The summed E-state index contributed by atoms with van der Waals surface area (Å²) in [4.78, 5) is 4.08. The maximum absolute atomic E-state index is 5.07. The van der Waals surface area contributed by atoms with Crippen LogP contribution in [0.2, 0.25) is 0 Å². The van der Waals surface area contributed by atoms with Gasteiger partial charge in [0.05, 0.1) is 0 Å². The largest absolute Gasteiger partial charge is 0.385 e. The van der Waals surface area contributed by atoms with Crippen LogP contribution in [0.5, 0.6) is 0 Å². The fraction of sp³-hybridized carbons (Fsp3) is 0.800. The first-order chi connectivity index (χ1) is 6.24. The number of hydrogen-bond donors (Lipinski definition) is 0. The minimum absolute atomic E-state index is 0.730. The quantitative estimate of drug-likeness (QED) is 0.688. The van der Waals surface area contributed by atoms with Gasteiger partial charge in [-0.05, 0) is 17.3 Å². The van der Waals surface area contributed by atoms with Crippen LogP contribution in [0.4, 0.5) is 0 Å². The van der Waals surface area contributed by atoms with E-state index in [1.54, 1.807) is 7.11 Å². The lowest BCUT2D eigenvalue weighted by Crippen LogP contribution is -2.21. The molecule has 0 saturated heterocycles. The van der Waals surface area contributed by atoms with Gasteiger partial charge in [0.15, 0.2) is 0 Å². The number of nitrogens with zero attached hydrogens (tertiary/aromatic N) is 1. The van der Waals surface area contributed by atoms with Crippen molar-refractivity contribution in [3.63, 3.8) is 0 Å². The van der Waals surface area contributed by atoms with Crippen LogP contribution in [-0.4, -0.2) is 32.2 Å². The molecule has 1 unspecified atom stereocenters. The molecule has 0 aliphatic rings. The average Bonchev–Trinajstić information content (AvgIpc) is 2.12. The molecule has 13 heavy (non-hydrogen) atoms. The minimum atomic E-state index is 0.730. The monoisotopic (exact) mass is 249 g/mol.